The predicted octanol–water partition coefficient (Wildman–Crippen LogP) is 0.249. The molecule has 1 aliphatic carbocycles. The largest absolute Gasteiger partial charge is 0.480 e. The van der Waals surface area contributed by atoms with Crippen molar-refractivity contribution in [1.82, 2.24) is 4.90 Å². The summed E-state index contributed by atoms with van der Waals surface area (Å²) in [5, 5.41) is 9.31. The van der Waals surface area contributed by atoms with Crippen molar-refractivity contribution < 1.29 is 14.7 Å². The molecule has 7 N–H and O–H groups in total. The highest BCUT2D eigenvalue weighted by atomic mass is 16.4. The SMILES string of the molecule is C[C@@H](C(=O)O)N(CC1CCCCC1)C(=O)[C@@H](N)CCCN=C(N)N. The van der Waals surface area contributed by atoms with Crippen molar-refractivity contribution in [3.63, 3.8) is 0 Å². The summed E-state index contributed by atoms with van der Waals surface area (Å²) in [5.74, 6) is -0.946. The molecule has 1 aliphatic rings. The van der Waals surface area contributed by atoms with Crippen LogP contribution in [0.1, 0.15) is 51.9 Å². The lowest BCUT2D eigenvalue weighted by Gasteiger charge is -2.33. The number of nitrogens with zero attached hydrogens (tertiary/aromatic N) is 2. The zero-order valence-electron chi connectivity index (χ0n) is 14.5. The van der Waals surface area contributed by atoms with Crippen LogP contribution in [0.15, 0.2) is 4.99 Å². The zero-order chi connectivity index (χ0) is 18.1. The van der Waals surface area contributed by atoms with E-state index >= 15 is 0 Å². The second-order valence-electron chi connectivity index (χ2n) is 6.56. The Morgan fingerprint density at radius 1 is 1.25 bits per heavy atom. The van der Waals surface area contributed by atoms with E-state index in [2.05, 4.69) is 4.99 Å². The second kappa shape index (κ2) is 10.1. The van der Waals surface area contributed by atoms with E-state index in [4.69, 9.17) is 17.2 Å². The van der Waals surface area contributed by atoms with E-state index in [9.17, 15) is 14.7 Å². The summed E-state index contributed by atoms with van der Waals surface area (Å²) >= 11 is 0. The van der Waals surface area contributed by atoms with Crippen molar-refractivity contribution in [2.24, 2.45) is 28.1 Å². The van der Waals surface area contributed by atoms with Gasteiger partial charge in [0.1, 0.15) is 6.04 Å². The first-order valence-electron chi connectivity index (χ1n) is 8.67. The molecular weight excluding hydrogens is 310 g/mol. The van der Waals surface area contributed by atoms with Gasteiger partial charge in [-0.2, -0.15) is 0 Å². The Morgan fingerprint density at radius 2 is 1.88 bits per heavy atom. The van der Waals surface area contributed by atoms with E-state index in [-0.39, 0.29) is 11.9 Å². The quantitative estimate of drug-likeness (QED) is 0.268. The third-order valence-electron chi connectivity index (χ3n) is 4.57. The third-order valence-corrected chi connectivity index (χ3v) is 4.57. The van der Waals surface area contributed by atoms with Crippen molar-refractivity contribution >= 4 is 17.8 Å². The molecule has 0 heterocycles. The zero-order valence-corrected chi connectivity index (χ0v) is 14.5. The number of aliphatic imine (C=N–C) groups is 1. The number of amides is 1. The summed E-state index contributed by atoms with van der Waals surface area (Å²) in [6.45, 7) is 2.41. The maximum Gasteiger partial charge on any atom is 0.326 e. The van der Waals surface area contributed by atoms with Crippen molar-refractivity contribution in [3.8, 4) is 0 Å². The van der Waals surface area contributed by atoms with Crippen molar-refractivity contribution in [3.05, 3.63) is 0 Å². The highest BCUT2D eigenvalue weighted by Gasteiger charge is 2.31. The lowest BCUT2D eigenvalue weighted by molar-refractivity contribution is -0.150. The van der Waals surface area contributed by atoms with Gasteiger partial charge in [-0.05, 0) is 38.5 Å². The smallest absolute Gasteiger partial charge is 0.326 e. The Balaban J connectivity index is 2.64. The minimum Gasteiger partial charge on any atom is -0.480 e. The van der Waals surface area contributed by atoms with E-state index in [0.29, 0.717) is 31.8 Å². The number of rotatable bonds is 9. The number of carbonyl (C=O) groups is 2. The van der Waals surface area contributed by atoms with Crippen LogP contribution < -0.4 is 17.2 Å². The molecule has 24 heavy (non-hydrogen) atoms. The van der Waals surface area contributed by atoms with Crippen LogP contribution >= 0.6 is 0 Å². The number of carboxylic acids is 1. The van der Waals surface area contributed by atoms with Gasteiger partial charge in [-0.3, -0.25) is 9.79 Å². The van der Waals surface area contributed by atoms with Gasteiger partial charge in [0.2, 0.25) is 5.91 Å². The fourth-order valence-corrected chi connectivity index (χ4v) is 3.08. The van der Waals surface area contributed by atoms with E-state index in [0.717, 1.165) is 25.7 Å². The van der Waals surface area contributed by atoms with E-state index in [1.807, 2.05) is 0 Å². The number of carboxylic acid groups (broad SMARTS) is 1. The maximum atomic E-state index is 12.6. The average Bonchev–Trinajstić information content (AvgIpc) is 2.55. The normalized spacial score (nSPS) is 17.8. The van der Waals surface area contributed by atoms with Gasteiger partial charge in [-0.1, -0.05) is 19.3 Å². The lowest BCUT2D eigenvalue weighted by atomic mass is 9.88. The van der Waals surface area contributed by atoms with Gasteiger partial charge in [0.25, 0.3) is 0 Å². The summed E-state index contributed by atoms with van der Waals surface area (Å²) in [7, 11) is 0. The molecule has 8 nitrogen and oxygen atoms in total. The van der Waals surface area contributed by atoms with Crippen molar-refractivity contribution in [2.45, 2.75) is 64.0 Å². The van der Waals surface area contributed by atoms with Gasteiger partial charge in [0.05, 0.1) is 6.04 Å². The number of hydrogen-bond donors (Lipinski definition) is 4. The molecule has 1 saturated carbocycles. The first-order valence-corrected chi connectivity index (χ1v) is 8.67. The molecule has 0 spiro atoms. The monoisotopic (exact) mass is 341 g/mol. The van der Waals surface area contributed by atoms with Crippen LogP contribution in [0, 0.1) is 5.92 Å². The Labute approximate surface area is 143 Å². The predicted molar refractivity (Wildman–Crippen MR) is 93.3 cm³/mol. The molecule has 0 aromatic carbocycles. The number of carbonyl (C=O) groups excluding carboxylic acids is 1. The van der Waals surface area contributed by atoms with Crippen LogP contribution in [-0.4, -0.2) is 53.0 Å². The minimum atomic E-state index is -1.01. The molecule has 1 fully saturated rings. The number of nitrogens with two attached hydrogens (primary N) is 3. The molecule has 1 rings (SSSR count). The number of hydrogen-bond acceptors (Lipinski definition) is 4. The van der Waals surface area contributed by atoms with Crippen LogP contribution in [-0.2, 0) is 9.59 Å². The molecular formula is C16H31N5O3. The molecule has 0 bridgehead atoms. The van der Waals surface area contributed by atoms with E-state index in [1.54, 1.807) is 0 Å². The molecule has 0 aromatic rings. The maximum absolute atomic E-state index is 12.6. The Bertz CT molecular complexity index is 445. The number of guanidine groups is 1. The fourth-order valence-electron chi connectivity index (χ4n) is 3.08. The lowest BCUT2D eigenvalue weighted by Crippen LogP contribution is -2.52. The van der Waals surface area contributed by atoms with E-state index < -0.39 is 18.1 Å². The van der Waals surface area contributed by atoms with Gasteiger partial charge in [0.15, 0.2) is 5.96 Å². The van der Waals surface area contributed by atoms with E-state index in [1.165, 1.54) is 18.2 Å². The van der Waals surface area contributed by atoms with Crippen LogP contribution in [0.2, 0.25) is 0 Å². The fraction of sp³-hybridized carbons (Fsp3) is 0.812. The van der Waals surface area contributed by atoms with Crippen LogP contribution in [0.4, 0.5) is 0 Å². The first-order chi connectivity index (χ1) is 11.3. The summed E-state index contributed by atoms with van der Waals surface area (Å²) in [5.41, 5.74) is 16.5. The van der Waals surface area contributed by atoms with Crippen molar-refractivity contribution in [1.29, 1.82) is 0 Å². The first kappa shape index (κ1) is 20.2. The Hall–Kier alpha value is -1.83. The van der Waals surface area contributed by atoms with Crippen LogP contribution in [0.5, 0.6) is 0 Å². The molecule has 0 unspecified atom stereocenters. The summed E-state index contributed by atoms with van der Waals surface area (Å²) in [6, 6.07) is -1.60. The standard InChI is InChI=1S/C16H31N5O3/c1-11(15(23)24)21(10-12-6-3-2-4-7-12)14(22)13(17)8-5-9-20-16(18)19/h11-13H,2-10,17H2,1H3,(H,23,24)(H4,18,19,20)/t11-,13-/m0/s1. The third kappa shape index (κ3) is 6.74. The Kier molecular flexibility index (Phi) is 8.53. The topological polar surface area (TPSA) is 148 Å². The van der Waals surface area contributed by atoms with Gasteiger partial charge >= 0.3 is 5.97 Å². The Morgan fingerprint density at radius 3 is 2.42 bits per heavy atom. The highest BCUT2D eigenvalue weighted by Crippen LogP contribution is 2.25. The summed E-state index contributed by atoms with van der Waals surface area (Å²) < 4.78 is 0. The molecule has 0 radical (unpaired) electrons. The molecule has 0 aliphatic heterocycles. The minimum absolute atomic E-state index is 0.00771. The van der Waals surface area contributed by atoms with Crippen LogP contribution in [0.3, 0.4) is 0 Å². The highest BCUT2D eigenvalue weighted by molar-refractivity contribution is 5.86. The second-order valence-corrected chi connectivity index (χ2v) is 6.56. The average molecular weight is 341 g/mol. The molecule has 0 aromatic heterocycles. The summed E-state index contributed by atoms with van der Waals surface area (Å²) in [4.78, 5) is 29.3. The number of aliphatic carboxylic acids is 1. The molecule has 0 saturated heterocycles. The molecule has 8 heteroatoms. The van der Waals surface area contributed by atoms with Gasteiger partial charge in [-0.25, -0.2) is 4.79 Å². The molecule has 138 valence electrons. The summed E-state index contributed by atoms with van der Waals surface area (Å²) in [6.07, 6.45) is 6.55. The van der Waals surface area contributed by atoms with Gasteiger partial charge < -0.3 is 27.2 Å². The molecule has 2 atom stereocenters. The van der Waals surface area contributed by atoms with Crippen molar-refractivity contribution in [2.75, 3.05) is 13.1 Å². The van der Waals surface area contributed by atoms with Gasteiger partial charge in [-0.15, -0.1) is 0 Å². The van der Waals surface area contributed by atoms with Gasteiger partial charge in [0, 0.05) is 13.1 Å². The molecule has 1 amide bonds. The van der Waals surface area contributed by atoms with Crippen LogP contribution in [0.25, 0.3) is 0 Å².